The molecule has 1 saturated heterocycles. The van der Waals surface area contributed by atoms with Crippen LogP contribution >= 0.6 is 11.3 Å². The molecule has 1 aromatic heterocycles. The van der Waals surface area contributed by atoms with Crippen LogP contribution in [0.1, 0.15) is 28.1 Å². The summed E-state index contributed by atoms with van der Waals surface area (Å²) in [6.07, 6.45) is 1.15. The van der Waals surface area contributed by atoms with Crippen molar-refractivity contribution in [3.8, 4) is 6.07 Å². The Morgan fingerprint density at radius 3 is 2.68 bits per heavy atom. The molecule has 1 N–H and O–H groups in total. The summed E-state index contributed by atoms with van der Waals surface area (Å²) in [5, 5.41) is 20.4. The van der Waals surface area contributed by atoms with Gasteiger partial charge in [-0.25, -0.2) is 0 Å². The molecule has 3 aromatic rings. The topological polar surface area (TPSA) is 67.6 Å². The predicted molar refractivity (Wildman–Crippen MR) is 113 cm³/mol. The molecule has 1 aliphatic heterocycles. The fraction of sp³-hybridized carbons (Fsp3) is 0.273. The van der Waals surface area contributed by atoms with Crippen LogP contribution in [0.25, 0.3) is 10.1 Å². The lowest BCUT2D eigenvalue weighted by Crippen LogP contribution is -2.36. The summed E-state index contributed by atoms with van der Waals surface area (Å²) in [7, 11) is 1.74. The second kappa shape index (κ2) is 7.63. The third-order valence-electron chi connectivity index (χ3n) is 5.23. The first-order valence-corrected chi connectivity index (χ1v) is 10.1. The first kappa shape index (κ1) is 18.5. The Balaban J connectivity index is 1.59. The Kier molecular flexibility index (Phi) is 5.03. The van der Waals surface area contributed by atoms with Gasteiger partial charge in [-0.2, -0.15) is 5.26 Å². The fourth-order valence-corrected chi connectivity index (χ4v) is 4.61. The fourth-order valence-electron chi connectivity index (χ4n) is 3.57. The van der Waals surface area contributed by atoms with Crippen LogP contribution in [0.3, 0.4) is 0 Å². The summed E-state index contributed by atoms with van der Waals surface area (Å²) < 4.78 is 1.08. The number of carbonyl (C=O) groups is 1. The molecule has 0 spiro atoms. The largest absolute Gasteiger partial charge is 0.393 e. The van der Waals surface area contributed by atoms with Crippen LogP contribution in [0, 0.1) is 11.3 Å². The van der Waals surface area contributed by atoms with Gasteiger partial charge in [-0.15, -0.1) is 11.3 Å². The summed E-state index contributed by atoms with van der Waals surface area (Å²) in [4.78, 5) is 17.3. The van der Waals surface area contributed by atoms with Gasteiger partial charge in [-0.1, -0.05) is 18.2 Å². The van der Waals surface area contributed by atoms with E-state index in [-0.39, 0.29) is 12.0 Å². The van der Waals surface area contributed by atoms with E-state index in [2.05, 4.69) is 11.0 Å². The minimum absolute atomic E-state index is 0.0843. The van der Waals surface area contributed by atoms with Gasteiger partial charge < -0.3 is 14.9 Å². The number of nitriles is 1. The standard InChI is InChI=1S/C22H21N3O2S/c1-24(22(27)21-13-15-4-2-3-5-20(15)28-21)17-6-7-19(16(12-17)14-23)25-10-8-18(26)9-11-25/h2-7,12-13,18,26H,8-11H2,1H3. The quantitative estimate of drug-likeness (QED) is 0.732. The Morgan fingerprint density at radius 1 is 1.21 bits per heavy atom. The van der Waals surface area contributed by atoms with E-state index in [0.717, 1.165) is 28.9 Å². The lowest BCUT2D eigenvalue weighted by Gasteiger charge is -2.32. The average molecular weight is 391 g/mol. The second-order valence-electron chi connectivity index (χ2n) is 7.04. The van der Waals surface area contributed by atoms with Gasteiger partial charge in [-0.3, -0.25) is 4.79 Å². The van der Waals surface area contributed by atoms with Crippen LogP contribution in [0.5, 0.6) is 0 Å². The van der Waals surface area contributed by atoms with Crippen molar-refractivity contribution in [1.82, 2.24) is 0 Å². The van der Waals surface area contributed by atoms with Gasteiger partial charge in [0.2, 0.25) is 0 Å². The molecule has 6 heteroatoms. The van der Waals surface area contributed by atoms with Gasteiger partial charge in [0.25, 0.3) is 5.91 Å². The summed E-state index contributed by atoms with van der Waals surface area (Å²) in [5.41, 5.74) is 2.10. The number of carbonyl (C=O) groups excluding carboxylic acids is 1. The molecule has 1 amide bonds. The van der Waals surface area contributed by atoms with Crippen LogP contribution in [-0.2, 0) is 0 Å². The molecule has 28 heavy (non-hydrogen) atoms. The highest BCUT2D eigenvalue weighted by Crippen LogP contribution is 2.30. The normalized spacial score (nSPS) is 14.8. The first-order valence-electron chi connectivity index (χ1n) is 9.30. The number of nitrogens with zero attached hydrogens (tertiary/aromatic N) is 3. The maximum absolute atomic E-state index is 13.0. The maximum Gasteiger partial charge on any atom is 0.268 e. The lowest BCUT2D eigenvalue weighted by atomic mass is 10.0. The third kappa shape index (κ3) is 3.47. The number of aliphatic hydroxyl groups is 1. The smallest absolute Gasteiger partial charge is 0.268 e. The zero-order valence-corrected chi connectivity index (χ0v) is 16.4. The number of aliphatic hydroxyl groups excluding tert-OH is 1. The van der Waals surface area contributed by atoms with Crippen molar-refractivity contribution < 1.29 is 9.90 Å². The highest BCUT2D eigenvalue weighted by molar-refractivity contribution is 7.20. The molecular weight excluding hydrogens is 370 g/mol. The van der Waals surface area contributed by atoms with Crippen molar-refractivity contribution in [3.05, 3.63) is 59.0 Å². The van der Waals surface area contributed by atoms with Crippen LogP contribution in [0.2, 0.25) is 0 Å². The summed E-state index contributed by atoms with van der Waals surface area (Å²) in [6.45, 7) is 1.46. The van der Waals surface area contributed by atoms with Crippen molar-refractivity contribution in [2.24, 2.45) is 0 Å². The lowest BCUT2D eigenvalue weighted by molar-refractivity contribution is 0.0997. The number of rotatable bonds is 3. The first-order chi connectivity index (χ1) is 13.6. The molecule has 0 radical (unpaired) electrons. The van der Waals surface area contributed by atoms with Crippen LogP contribution in [0.15, 0.2) is 48.5 Å². The molecule has 0 unspecified atom stereocenters. The molecule has 2 heterocycles. The number of hydrogen-bond acceptors (Lipinski definition) is 5. The van der Waals surface area contributed by atoms with Crippen LogP contribution in [-0.4, -0.2) is 37.3 Å². The molecule has 5 nitrogen and oxygen atoms in total. The Labute approximate surface area is 168 Å². The van der Waals surface area contributed by atoms with Crippen molar-refractivity contribution in [3.63, 3.8) is 0 Å². The summed E-state index contributed by atoms with van der Waals surface area (Å²) in [5.74, 6) is -0.0843. The minimum atomic E-state index is -0.258. The maximum atomic E-state index is 13.0. The molecular formula is C22H21N3O2S. The molecule has 1 fully saturated rings. The van der Waals surface area contributed by atoms with Gasteiger partial charge in [-0.05, 0) is 48.6 Å². The molecule has 2 aromatic carbocycles. The van der Waals surface area contributed by atoms with Crippen molar-refractivity contribution in [2.75, 3.05) is 29.9 Å². The van der Waals surface area contributed by atoms with E-state index >= 15 is 0 Å². The number of piperidine rings is 1. The summed E-state index contributed by atoms with van der Waals surface area (Å²) >= 11 is 1.48. The summed E-state index contributed by atoms with van der Waals surface area (Å²) in [6, 6.07) is 17.7. The van der Waals surface area contributed by atoms with E-state index in [9.17, 15) is 15.2 Å². The molecule has 0 bridgehead atoms. The van der Waals surface area contributed by atoms with Crippen LogP contribution in [0.4, 0.5) is 11.4 Å². The highest BCUT2D eigenvalue weighted by atomic mass is 32.1. The zero-order chi connectivity index (χ0) is 19.7. The van der Waals surface area contributed by atoms with Gasteiger partial charge in [0.1, 0.15) is 6.07 Å². The minimum Gasteiger partial charge on any atom is -0.393 e. The van der Waals surface area contributed by atoms with Crippen LogP contribution < -0.4 is 9.80 Å². The van der Waals surface area contributed by atoms with Gasteiger partial charge in [0.15, 0.2) is 0 Å². The van der Waals surface area contributed by atoms with Gasteiger partial charge in [0.05, 0.1) is 22.2 Å². The Bertz CT molecular complexity index is 1030. The third-order valence-corrected chi connectivity index (χ3v) is 6.34. The van der Waals surface area contributed by atoms with E-state index in [1.165, 1.54) is 11.3 Å². The van der Waals surface area contributed by atoms with Crippen molar-refractivity contribution >= 4 is 38.7 Å². The predicted octanol–water partition coefficient (Wildman–Crippen LogP) is 4.01. The van der Waals surface area contributed by atoms with E-state index in [0.29, 0.717) is 29.0 Å². The molecule has 142 valence electrons. The number of benzene rings is 2. The van der Waals surface area contributed by atoms with E-state index < -0.39 is 0 Å². The second-order valence-corrected chi connectivity index (χ2v) is 8.13. The monoisotopic (exact) mass is 391 g/mol. The zero-order valence-electron chi connectivity index (χ0n) is 15.6. The molecule has 0 saturated carbocycles. The number of hydrogen-bond donors (Lipinski definition) is 1. The number of anilines is 2. The molecule has 0 aliphatic carbocycles. The van der Waals surface area contributed by atoms with Crippen molar-refractivity contribution in [1.29, 1.82) is 5.26 Å². The van der Waals surface area contributed by atoms with Gasteiger partial charge in [0, 0.05) is 30.5 Å². The number of amides is 1. The molecule has 4 rings (SSSR count). The molecule has 1 aliphatic rings. The number of fused-ring (bicyclic) bond motifs is 1. The number of thiophene rings is 1. The average Bonchev–Trinajstić information content (AvgIpc) is 3.17. The Hall–Kier alpha value is -2.88. The highest BCUT2D eigenvalue weighted by Gasteiger charge is 2.21. The van der Waals surface area contributed by atoms with E-state index in [1.807, 2.05) is 42.5 Å². The SMILES string of the molecule is CN(C(=O)c1cc2ccccc2s1)c1ccc(N2CCC(O)CC2)c(C#N)c1. The van der Waals surface area contributed by atoms with E-state index in [4.69, 9.17) is 0 Å². The van der Waals surface area contributed by atoms with Gasteiger partial charge >= 0.3 is 0 Å². The van der Waals surface area contributed by atoms with E-state index in [1.54, 1.807) is 18.0 Å². The van der Waals surface area contributed by atoms with Crippen molar-refractivity contribution in [2.45, 2.75) is 18.9 Å². The Morgan fingerprint density at radius 2 is 1.96 bits per heavy atom. The molecule has 0 atom stereocenters.